The maximum Gasteiger partial charge on any atom is 0.248 e. The average Bonchev–Trinajstić information content (AvgIpc) is 2.92. The molecule has 1 saturated carbocycles. The second kappa shape index (κ2) is 5.72. The van der Waals surface area contributed by atoms with Gasteiger partial charge in [0.15, 0.2) is 0 Å². The third-order valence-electron chi connectivity index (χ3n) is 5.24. The third-order valence-corrected chi connectivity index (χ3v) is 5.24. The van der Waals surface area contributed by atoms with E-state index in [-0.39, 0.29) is 11.3 Å². The fourth-order valence-electron chi connectivity index (χ4n) is 3.96. The number of anilines is 1. The van der Waals surface area contributed by atoms with Crippen molar-refractivity contribution in [1.82, 2.24) is 5.32 Å². The Morgan fingerprint density at radius 3 is 2.91 bits per heavy atom. The van der Waals surface area contributed by atoms with Gasteiger partial charge in [-0.05, 0) is 56.0 Å². The van der Waals surface area contributed by atoms with Gasteiger partial charge in [0, 0.05) is 17.8 Å². The van der Waals surface area contributed by atoms with Crippen LogP contribution in [0.15, 0.2) is 18.2 Å². The number of primary amides is 1. The normalized spacial score (nSPS) is 27.2. The van der Waals surface area contributed by atoms with Crippen molar-refractivity contribution in [2.75, 3.05) is 18.4 Å². The van der Waals surface area contributed by atoms with E-state index in [0.717, 1.165) is 43.6 Å². The maximum absolute atomic E-state index is 12.9. The minimum atomic E-state index is -0.443. The van der Waals surface area contributed by atoms with Crippen LogP contribution in [-0.2, 0) is 4.79 Å². The van der Waals surface area contributed by atoms with Gasteiger partial charge >= 0.3 is 0 Å². The maximum atomic E-state index is 12.9. The Hall–Kier alpha value is -1.88. The zero-order valence-electron chi connectivity index (χ0n) is 12.9. The van der Waals surface area contributed by atoms with Gasteiger partial charge in [0.1, 0.15) is 0 Å². The summed E-state index contributed by atoms with van der Waals surface area (Å²) in [7, 11) is 0. The number of hydrogen-bond donors (Lipinski definition) is 3. The van der Waals surface area contributed by atoms with E-state index in [1.54, 1.807) is 12.1 Å². The fraction of sp³-hybridized carbons (Fsp3) is 0.529. The summed E-state index contributed by atoms with van der Waals surface area (Å²) in [5.74, 6) is 0.0990. The Bertz CT molecular complexity index is 614. The van der Waals surface area contributed by atoms with Crippen LogP contribution in [-0.4, -0.2) is 24.9 Å². The predicted octanol–water partition coefficient (Wildman–Crippen LogP) is 1.81. The molecule has 1 aliphatic carbocycles. The molecule has 0 bridgehead atoms. The molecule has 118 valence electrons. The van der Waals surface area contributed by atoms with E-state index in [1.165, 1.54) is 6.42 Å². The van der Waals surface area contributed by atoms with E-state index in [9.17, 15) is 9.59 Å². The van der Waals surface area contributed by atoms with Crippen LogP contribution in [0.4, 0.5) is 5.69 Å². The molecule has 22 heavy (non-hydrogen) atoms. The van der Waals surface area contributed by atoms with Gasteiger partial charge in [0.25, 0.3) is 0 Å². The Morgan fingerprint density at radius 1 is 1.36 bits per heavy atom. The zero-order chi connectivity index (χ0) is 15.7. The minimum Gasteiger partial charge on any atom is -0.366 e. The molecule has 0 radical (unpaired) electrons. The molecule has 2 atom stereocenters. The highest BCUT2D eigenvalue weighted by atomic mass is 16.2. The molecule has 0 aromatic heterocycles. The van der Waals surface area contributed by atoms with Crippen molar-refractivity contribution in [3.8, 4) is 0 Å². The summed E-state index contributed by atoms with van der Waals surface area (Å²) in [6.07, 6.45) is 4.41. The van der Waals surface area contributed by atoms with E-state index < -0.39 is 5.91 Å². The van der Waals surface area contributed by atoms with Crippen LogP contribution in [0.25, 0.3) is 0 Å². The average molecular weight is 301 g/mol. The number of fused-ring (bicyclic) bond motifs is 1. The van der Waals surface area contributed by atoms with E-state index in [0.29, 0.717) is 11.5 Å². The molecule has 2 fully saturated rings. The van der Waals surface area contributed by atoms with Crippen molar-refractivity contribution in [2.24, 2.45) is 17.1 Å². The van der Waals surface area contributed by atoms with Gasteiger partial charge in [-0.3, -0.25) is 9.59 Å². The third kappa shape index (κ3) is 2.50. The molecule has 3 rings (SSSR count). The van der Waals surface area contributed by atoms with Crippen LogP contribution >= 0.6 is 0 Å². The minimum absolute atomic E-state index is 0.105. The summed E-state index contributed by atoms with van der Waals surface area (Å²) >= 11 is 0. The summed E-state index contributed by atoms with van der Waals surface area (Å²) in [6.45, 7) is 3.53. The number of rotatable bonds is 3. The monoisotopic (exact) mass is 301 g/mol. The molecule has 1 aromatic rings. The largest absolute Gasteiger partial charge is 0.366 e. The van der Waals surface area contributed by atoms with Gasteiger partial charge in [-0.25, -0.2) is 0 Å². The molecule has 1 heterocycles. The van der Waals surface area contributed by atoms with Crippen molar-refractivity contribution in [3.63, 3.8) is 0 Å². The van der Waals surface area contributed by atoms with Gasteiger partial charge in [0.2, 0.25) is 11.8 Å². The Morgan fingerprint density at radius 2 is 2.18 bits per heavy atom. The molecule has 1 aliphatic heterocycles. The van der Waals surface area contributed by atoms with Gasteiger partial charge in [-0.2, -0.15) is 0 Å². The second-order valence-corrected chi connectivity index (χ2v) is 6.58. The molecule has 5 heteroatoms. The van der Waals surface area contributed by atoms with E-state index in [1.807, 2.05) is 13.0 Å². The lowest BCUT2D eigenvalue weighted by Gasteiger charge is -2.37. The van der Waals surface area contributed by atoms with Gasteiger partial charge < -0.3 is 16.4 Å². The first-order valence-electron chi connectivity index (χ1n) is 7.95. The van der Waals surface area contributed by atoms with Gasteiger partial charge in [-0.1, -0.05) is 12.8 Å². The van der Waals surface area contributed by atoms with Crippen molar-refractivity contribution < 1.29 is 9.59 Å². The summed E-state index contributed by atoms with van der Waals surface area (Å²) in [6, 6.07) is 5.24. The van der Waals surface area contributed by atoms with Crippen molar-refractivity contribution in [3.05, 3.63) is 29.3 Å². The van der Waals surface area contributed by atoms with Crippen LogP contribution in [0.3, 0.4) is 0 Å². The van der Waals surface area contributed by atoms with E-state index in [2.05, 4.69) is 10.6 Å². The molecule has 1 aromatic carbocycles. The molecule has 2 aliphatic rings. The number of carbonyl (C=O) groups excluding carboxylic acids is 2. The molecule has 0 spiro atoms. The van der Waals surface area contributed by atoms with Gasteiger partial charge in [0.05, 0.1) is 5.41 Å². The Labute approximate surface area is 130 Å². The summed E-state index contributed by atoms with van der Waals surface area (Å²) in [4.78, 5) is 24.1. The first kappa shape index (κ1) is 15.0. The standard InChI is InChI=1S/C17H23N3O2/c1-11-8-13(5-6-14(11)15(18)21)20-16(22)17-7-3-2-4-12(17)9-19-10-17/h5-6,8,12,19H,2-4,7,9-10H2,1H3,(H2,18,21)(H,20,22)/t12-,17+/m0/s1. The predicted molar refractivity (Wildman–Crippen MR) is 85.6 cm³/mol. The van der Waals surface area contributed by atoms with Crippen molar-refractivity contribution in [1.29, 1.82) is 0 Å². The lowest BCUT2D eigenvalue weighted by molar-refractivity contribution is -0.128. The number of nitrogens with one attached hydrogen (secondary N) is 2. The van der Waals surface area contributed by atoms with E-state index in [4.69, 9.17) is 5.73 Å². The number of nitrogens with two attached hydrogens (primary N) is 1. The van der Waals surface area contributed by atoms with Crippen molar-refractivity contribution >= 4 is 17.5 Å². The molecule has 2 amide bonds. The highest BCUT2D eigenvalue weighted by Gasteiger charge is 2.49. The number of hydrogen-bond acceptors (Lipinski definition) is 3. The molecule has 0 unspecified atom stereocenters. The Kier molecular flexibility index (Phi) is 3.91. The molecule has 4 N–H and O–H groups in total. The van der Waals surface area contributed by atoms with E-state index >= 15 is 0 Å². The van der Waals surface area contributed by atoms with Crippen LogP contribution in [0.2, 0.25) is 0 Å². The first-order valence-corrected chi connectivity index (χ1v) is 7.95. The topological polar surface area (TPSA) is 84.2 Å². The summed E-state index contributed by atoms with van der Waals surface area (Å²) < 4.78 is 0. The number of aryl methyl sites for hydroxylation is 1. The molecular weight excluding hydrogens is 278 g/mol. The smallest absolute Gasteiger partial charge is 0.248 e. The lowest BCUT2D eigenvalue weighted by atomic mass is 9.67. The summed E-state index contributed by atoms with van der Waals surface area (Å²) in [5, 5.41) is 6.43. The second-order valence-electron chi connectivity index (χ2n) is 6.58. The lowest BCUT2D eigenvalue weighted by Crippen LogP contribution is -2.44. The van der Waals surface area contributed by atoms with Gasteiger partial charge in [-0.15, -0.1) is 0 Å². The van der Waals surface area contributed by atoms with Crippen molar-refractivity contribution in [2.45, 2.75) is 32.6 Å². The highest BCUT2D eigenvalue weighted by molar-refractivity contribution is 5.98. The SMILES string of the molecule is Cc1cc(NC(=O)[C@@]23CCCC[C@H]2CNC3)ccc1C(N)=O. The highest BCUT2D eigenvalue weighted by Crippen LogP contribution is 2.44. The quantitative estimate of drug-likeness (QED) is 0.796. The number of carbonyl (C=O) groups is 2. The van der Waals surface area contributed by atoms with Crippen LogP contribution in [0.1, 0.15) is 41.6 Å². The summed E-state index contributed by atoms with van der Waals surface area (Å²) in [5.41, 5.74) is 7.06. The molecular formula is C17H23N3O2. The molecule has 5 nitrogen and oxygen atoms in total. The molecule has 1 saturated heterocycles. The zero-order valence-corrected chi connectivity index (χ0v) is 12.9. The van der Waals surface area contributed by atoms with Crippen LogP contribution in [0.5, 0.6) is 0 Å². The number of amides is 2. The first-order chi connectivity index (χ1) is 10.5. The van der Waals surface area contributed by atoms with Crippen LogP contribution < -0.4 is 16.4 Å². The fourth-order valence-corrected chi connectivity index (χ4v) is 3.96. The number of benzene rings is 1. The van der Waals surface area contributed by atoms with Crippen LogP contribution in [0, 0.1) is 18.3 Å². The Balaban J connectivity index is 1.79.